The molecule has 202 valence electrons. The number of nitrogens with zero attached hydrogens (tertiary/aromatic N) is 3. The van der Waals surface area contributed by atoms with E-state index >= 15 is 0 Å². The number of halogens is 4. The highest BCUT2D eigenvalue weighted by atomic mass is 35.5. The van der Waals surface area contributed by atoms with E-state index in [-0.39, 0.29) is 18.4 Å². The van der Waals surface area contributed by atoms with E-state index in [4.69, 9.17) is 21.3 Å². The lowest BCUT2D eigenvalue weighted by Crippen LogP contribution is -2.64. The molecule has 0 bridgehead atoms. The zero-order chi connectivity index (χ0) is 27.9. The lowest BCUT2D eigenvalue weighted by molar-refractivity contribution is -0.137. The number of hydrogen-bond donors (Lipinski definition) is 1. The summed E-state index contributed by atoms with van der Waals surface area (Å²) in [4.78, 5) is 34.9. The van der Waals surface area contributed by atoms with Crippen LogP contribution < -0.4 is 5.32 Å². The van der Waals surface area contributed by atoms with Crippen molar-refractivity contribution in [2.75, 3.05) is 13.7 Å². The van der Waals surface area contributed by atoms with Gasteiger partial charge in [-0.15, -0.1) is 0 Å². The summed E-state index contributed by atoms with van der Waals surface area (Å²) in [6.45, 7) is 3.60. The van der Waals surface area contributed by atoms with Gasteiger partial charge in [-0.2, -0.15) is 13.2 Å². The highest BCUT2D eigenvalue weighted by Gasteiger charge is 2.61. The van der Waals surface area contributed by atoms with Gasteiger partial charge >= 0.3 is 12.2 Å². The van der Waals surface area contributed by atoms with Crippen molar-refractivity contribution in [2.45, 2.75) is 32.1 Å². The number of aliphatic imine (C=N–C) groups is 1. The van der Waals surface area contributed by atoms with Crippen molar-refractivity contribution in [1.82, 2.24) is 15.1 Å². The van der Waals surface area contributed by atoms with Crippen LogP contribution in [0.2, 0.25) is 5.02 Å². The van der Waals surface area contributed by atoms with E-state index in [1.54, 1.807) is 31.4 Å². The van der Waals surface area contributed by atoms with Crippen molar-refractivity contribution >= 4 is 29.4 Å². The molecule has 39 heavy (non-hydrogen) atoms. The van der Waals surface area contributed by atoms with Crippen LogP contribution in [-0.4, -0.2) is 41.2 Å². The predicted molar refractivity (Wildman–Crippen MR) is 137 cm³/mol. The van der Waals surface area contributed by atoms with Gasteiger partial charge in [-0.05, 0) is 48.4 Å². The number of methoxy groups -OCH3 is 1. The van der Waals surface area contributed by atoms with Crippen molar-refractivity contribution in [3.63, 3.8) is 0 Å². The van der Waals surface area contributed by atoms with Crippen LogP contribution in [0.4, 0.5) is 18.0 Å². The van der Waals surface area contributed by atoms with Gasteiger partial charge in [-0.25, -0.2) is 4.79 Å². The zero-order valence-corrected chi connectivity index (χ0v) is 22.0. The van der Waals surface area contributed by atoms with Crippen LogP contribution in [0.15, 0.2) is 76.8 Å². The molecule has 4 atom stereocenters. The number of urea groups is 1. The molecule has 0 spiro atoms. The number of nitrogens with one attached hydrogen (secondary N) is 1. The molecule has 2 aromatic rings. The minimum atomic E-state index is -4.49. The summed E-state index contributed by atoms with van der Waals surface area (Å²) in [6.07, 6.45) is -2.60. The first-order valence-corrected chi connectivity index (χ1v) is 12.8. The third kappa shape index (κ3) is 3.68. The third-order valence-electron chi connectivity index (χ3n) is 7.86. The smallest absolute Gasteiger partial charge is 0.416 e. The fourth-order valence-corrected chi connectivity index (χ4v) is 6.32. The summed E-state index contributed by atoms with van der Waals surface area (Å²) in [7, 11) is 1.54. The van der Waals surface area contributed by atoms with Crippen LogP contribution in [0.5, 0.6) is 0 Å². The van der Waals surface area contributed by atoms with Crippen molar-refractivity contribution in [3.05, 3.63) is 93.5 Å². The minimum Gasteiger partial charge on any atom is -0.500 e. The Morgan fingerprint density at radius 3 is 2.49 bits per heavy atom. The van der Waals surface area contributed by atoms with Crippen LogP contribution in [0.3, 0.4) is 0 Å². The second-order valence-electron chi connectivity index (χ2n) is 10.2. The number of amidine groups is 1. The van der Waals surface area contributed by atoms with Crippen LogP contribution in [-0.2, 0) is 15.7 Å². The van der Waals surface area contributed by atoms with E-state index in [0.29, 0.717) is 39.1 Å². The van der Waals surface area contributed by atoms with Gasteiger partial charge in [0.25, 0.3) is 0 Å². The van der Waals surface area contributed by atoms with E-state index < -0.39 is 35.3 Å². The first kappa shape index (κ1) is 25.5. The summed E-state index contributed by atoms with van der Waals surface area (Å²) in [5.74, 6) is 0.403. The number of rotatable bonds is 3. The molecular weight excluding hydrogens is 533 g/mol. The molecule has 3 heterocycles. The summed E-state index contributed by atoms with van der Waals surface area (Å²) in [5.41, 5.74) is 0.522. The maximum Gasteiger partial charge on any atom is 0.416 e. The van der Waals surface area contributed by atoms with Gasteiger partial charge in [0.1, 0.15) is 29.6 Å². The number of allylic oxidation sites excluding steroid dienone is 1. The first-order valence-electron chi connectivity index (χ1n) is 12.4. The first-order chi connectivity index (χ1) is 18.4. The fourth-order valence-electron chi connectivity index (χ4n) is 6.13. The van der Waals surface area contributed by atoms with Crippen LogP contribution >= 0.6 is 11.6 Å². The summed E-state index contributed by atoms with van der Waals surface area (Å²) in [5, 5.41) is 3.37. The Kier molecular flexibility index (Phi) is 5.62. The average Bonchev–Trinajstić information content (AvgIpc) is 3.30. The van der Waals surface area contributed by atoms with E-state index in [1.807, 2.05) is 19.9 Å². The van der Waals surface area contributed by atoms with Crippen molar-refractivity contribution in [2.24, 2.45) is 16.3 Å². The number of alkyl halides is 3. The van der Waals surface area contributed by atoms with Crippen molar-refractivity contribution in [3.8, 4) is 0 Å². The maximum atomic E-state index is 14.2. The van der Waals surface area contributed by atoms with E-state index in [9.17, 15) is 22.8 Å². The van der Waals surface area contributed by atoms with E-state index in [2.05, 4.69) is 5.32 Å². The van der Waals surface area contributed by atoms with Gasteiger partial charge in [0.2, 0.25) is 5.91 Å². The van der Waals surface area contributed by atoms with Gasteiger partial charge < -0.3 is 10.1 Å². The zero-order valence-electron chi connectivity index (χ0n) is 21.2. The van der Waals surface area contributed by atoms with E-state index in [0.717, 1.165) is 12.1 Å². The Labute approximate surface area is 227 Å². The Bertz CT molecular complexity index is 1500. The number of carbonyl (C=O) groups excluding carboxylic acids is 2. The Morgan fingerprint density at radius 1 is 1.13 bits per heavy atom. The van der Waals surface area contributed by atoms with Gasteiger partial charge in [-0.1, -0.05) is 42.8 Å². The molecule has 0 aromatic heterocycles. The SMILES string of the molecule is COC1=CC(C)C2=C3N(CC(=O)N2)C(=O)N2C(=NC(c4ccc(C(F)(F)F)cc4)C2c2cccc(Cl)c2)C13C. The molecule has 4 aliphatic rings. The van der Waals surface area contributed by atoms with Gasteiger partial charge in [0, 0.05) is 16.6 Å². The molecule has 3 aliphatic heterocycles. The topological polar surface area (TPSA) is 74.2 Å². The molecule has 1 aliphatic carbocycles. The number of fused-ring (bicyclic) bond motifs is 2. The molecule has 1 fully saturated rings. The molecule has 7 nitrogen and oxygen atoms in total. The summed E-state index contributed by atoms with van der Waals surface area (Å²) < 4.78 is 45.8. The normalized spacial score (nSPS) is 28.0. The lowest BCUT2D eigenvalue weighted by atomic mass is 9.72. The van der Waals surface area contributed by atoms with E-state index in [1.165, 1.54) is 21.9 Å². The summed E-state index contributed by atoms with van der Waals surface area (Å²) in [6, 6.07) is 9.85. The maximum absolute atomic E-state index is 14.2. The minimum absolute atomic E-state index is 0.187. The second-order valence-corrected chi connectivity index (χ2v) is 10.7. The Balaban J connectivity index is 1.58. The van der Waals surface area contributed by atoms with Gasteiger partial charge in [0.15, 0.2) is 0 Å². The molecule has 6 rings (SSSR count). The Morgan fingerprint density at radius 2 is 1.85 bits per heavy atom. The standard InChI is InChI=1S/C28H24ClF3N4O3/c1-14-11-19(39-3)27(2)24-21(14)33-20(37)13-35(24)26(38)36-23(16-5-4-6-18(29)12-16)22(34-25(27)36)15-7-9-17(10-8-15)28(30,31)32/h4-12,14,22-23H,13H2,1-3H3,(H,33,37). The van der Waals surface area contributed by atoms with Crippen molar-refractivity contribution < 1.29 is 27.5 Å². The molecule has 11 heteroatoms. The number of hydrogen-bond acceptors (Lipinski definition) is 4. The number of amides is 3. The van der Waals surface area contributed by atoms with Crippen LogP contribution in [0, 0.1) is 11.3 Å². The lowest BCUT2D eigenvalue weighted by Gasteiger charge is -2.52. The number of benzene rings is 2. The highest BCUT2D eigenvalue weighted by molar-refractivity contribution is 6.30. The quantitative estimate of drug-likeness (QED) is 0.518. The second kappa shape index (κ2) is 8.61. The molecular formula is C28H24ClF3N4O3. The van der Waals surface area contributed by atoms with Gasteiger partial charge in [0.05, 0.1) is 24.4 Å². The average molecular weight is 557 g/mol. The molecule has 3 amide bonds. The van der Waals surface area contributed by atoms with Crippen molar-refractivity contribution in [1.29, 1.82) is 0 Å². The monoisotopic (exact) mass is 556 g/mol. The summed E-state index contributed by atoms with van der Waals surface area (Å²) >= 11 is 6.34. The van der Waals surface area contributed by atoms with Crippen LogP contribution in [0.25, 0.3) is 0 Å². The number of ether oxygens (including phenoxy) is 1. The molecule has 4 unspecified atom stereocenters. The molecule has 0 saturated carbocycles. The third-order valence-corrected chi connectivity index (χ3v) is 8.10. The number of carbonyl (C=O) groups is 2. The highest BCUT2D eigenvalue weighted by Crippen LogP contribution is 2.56. The Hall–Kier alpha value is -3.79. The van der Waals surface area contributed by atoms with Gasteiger partial charge in [-0.3, -0.25) is 19.6 Å². The molecule has 1 N–H and O–H groups in total. The molecule has 1 saturated heterocycles. The van der Waals surface area contributed by atoms with Crippen LogP contribution in [0.1, 0.15) is 42.6 Å². The molecule has 0 radical (unpaired) electrons. The molecule has 2 aromatic carbocycles. The predicted octanol–water partition coefficient (Wildman–Crippen LogP) is 5.82. The largest absolute Gasteiger partial charge is 0.500 e. The fraction of sp³-hybridized carbons (Fsp3) is 0.321.